The fraction of sp³-hybridized carbons (Fsp3) is 0.923. The average molecular weight is 240 g/mol. The van der Waals surface area contributed by atoms with Gasteiger partial charge in [0.05, 0.1) is 7.11 Å². The number of ether oxygens (including phenoxy) is 1. The first-order valence-electron chi connectivity index (χ1n) is 6.82. The average Bonchev–Trinajstić information content (AvgIpc) is 3.20. The largest absolute Gasteiger partial charge is 0.468 e. The van der Waals surface area contributed by atoms with Crippen LogP contribution in [-0.2, 0) is 9.53 Å². The van der Waals surface area contributed by atoms with Crippen LogP contribution >= 0.6 is 0 Å². The van der Waals surface area contributed by atoms with Gasteiger partial charge in [0.25, 0.3) is 0 Å². The van der Waals surface area contributed by atoms with Gasteiger partial charge in [-0.25, -0.2) is 0 Å². The van der Waals surface area contributed by atoms with Crippen molar-refractivity contribution in [1.29, 1.82) is 0 Å². The minimum absolute atomic E-state index is 0.127. The van der Waals surface area contributed by atoms with E-state index < -0.39 is 0 Å². The van der Waals surface area contributed by atoms with Gasteiger partial charge in [0.1, 0.15) is 6.04 Å². The minimum atomic E-state index is -0.128. The zero-order valence-electron chi connectivity index (χ0n) is 10.9. The Morgan fingerprint density at radius 3 is 2.47 bits per heavy atom. The fourth-order valence-electron chi connectivity index (χ4n) is 2.65. The Kier molecular flexibility index (Phi) is 4.40. The molecule has 1 saturated carbocycles. The summed E-state index contributed by atoms with van der Waals surface area (Å²) < 4.78 is 4.80. The SMILES string of the molecule is CCC(NC1CCN(C2CC2)CC1)C(=O)OC. The molecule has 4 heteroatoms. The van der Waals surface area contributed by atoms with E-state index in [2.05, 4.69) is 10.2 Å². The van der Waals surface area contributed by atoms with Crippen molar-refractivity contribution >= 4 is 5.97 Å². The van der Waals surface area contributed by atoms with Crippen molar-refractivity contribution in [3.8, 4) is 0 Å². The third-order valence-electron chi connectivity index (χ3n) is 3.92. The monoisotopic (exact) mass is 240 g/mol. The summed E-state index contributed by atoms with van der Waals surface area (Å²) in [7, 11) is 1.46. The number of esters is 1. The van der Waals surface area contributed by atoms with Crippen LogP contribution in [0.5, 0.6) is 0 Å². The van der Waals surface area contributed by atoms with Gasteiger partial charge in [0, 0.05) is 12.1 Å². The molecule has 1 aliphatic carbocycles. The molecule has 17 heavy (non-hydrogen) atoms. The lowest BCUT2D eigenvalue weighted by Crippen LogP contribution is -2.49. The van der Waals surface area contributed by atoms with Gasteiger partial charge in [0.2, 0.25) is 0 Å². The van der Waals surface area contributed by atoms with Gasteiger partial charge in [-0.15, -0.1) is 0 Å². The quantitative estimate of drug-likeness (QED) is 0.732. The molecule has 2 fully saturated rings. The van der Waals surface area contributed by atoms with Crippen molar-refractivity contribution in [3.05, 3.63) is 0 Å². The van der Waals surface area contributed by atoms with Crippen LogP contribution in [0.15, 0.2) is 0 Å². The minimum Gasteiger partial charge on any atom is -0.468 e. The van der Waals surface area contributed by atoms with E-state index in [0.29, 0.717) is 6.04 Å². The number of hydrogen-bond acceptors (Lipinski definition) is 4. The topological polar surface area (TPSA) is 41.6 Å². The van der Waals surface area contributed by atoms with Crippen LogP contribution in [0.25, 0.3) is 0 Å². The summed E-state index contributed by atoms with van der Waals surface area (Å²) in [5.41, 5.74) is 0. The molecule has 98 valence electrons. The maximum atomic E-state index is 11.5. The highest BCUT2D eigenvalue weighted by Gasteiger charge is 2.32. The second-order valence-corrected chi connectivity index (χ2v) is 5.19. The second-order valence-electron chi connectivity index (χ2n) is 5.19. The first kappa shape index (κ1) is 12.8. The molecule has 1 saturated heterocycles. The maximum Gasteiger partial charge on any atom is 0.322 e. The lowest BCUT2D eigenvalue weighted by Gasteiger charge is -2.33. The third-order valence-corrected chi connectivity index (χ3v) is 3.92. The van der Waals surface area contributed by atoms with Crippen molar-refractivity contribution in [1.82, 2.24) is 10.2 Å². The molecular formula is C13H24N2O2. The van der Waals surface area contributed by atoms with E-state index in [1.165, 1.54) is 33.0 Å². The van der Waals surface area contributed by atoms with Crippen LogP contribution < -0.4 is 5.32 Å². The predicted molar refractivity (Wildman–Crippen MR) is 66.8 cm³/mol. The Bertz CT molecular complexity index is 258. The Balaban J connectivity index is 1.73. The zero-order chi connectivity index (χ0) is 12.3. The normalized spacial score (nSPS) is 24.6. The Labute approximate surface area is 104 Å². The van der Waals surface area contributed by atoms with Gasteiger partial charge in [-0.1, -0.05) is 6.92 Å². The van der Waals surface area contributed by atoms with Gasteiger partial charge in [-0.3, -0.25) is 4.79 Å². The molecule has 2 aliphatic rings. The van der Waals surface area contributed by atoms with Crippen LogP contribution in [0.1, 0.15) is 39.0 Å². The van der Waals surface area contributed by atoms with Gasteiger partial charge in [-0.2, -0.15) is 0 Å². The van der Waals surface area contributed by atoms with Crippen LogP contribution in [0, 0.1) is 0 Å². The van der Waals surface area contributed by atoms with Crippen molar-refractivity contribution in [3.63, 3.8) is 0 Å². The van der Waals surface area contributed by atoms with E-state index in [0.717, 1.165) is 25.3 Å². The van der Waals surface area contributed by atoms with E-state index in [4.69, 9.17) is 4.74 Å². The van der Waals surface area contributed by atoms with Gasteiger partial charge in [-0.05, 0) is 45.2 Å². The summed E-state index contributed by atoms with van der Waals surface area (Å²) in [4.78, 5) is 14.1. The Morgan fingerprint density at radius 1 is 1.35 bits per heavy atom. The number of nitrogens with zero attached hydrogens (tertiary/aromatic N) is 1. The molecule has 2 rings (SSSR count). The van der Waals surface area contributed by atoms with Crippen molar-refractivity contribution < 1.29 is 9.53 Å². The molecule has 0 radical (unpaired) electrons. The molecule has 1 atom stereocenters. The molecule has 0 amide bonds. The van der Waals surface area contributed by atoms with E-state index >= 15 is 0 Å². The number of carbonyl (C=O) groups is 1. The standard InChI is InChI=1S/C13H24N2O2/c1-3-12(13(16)17-2)14-10-6-8-15(9-7-10)11-4-5-11/h10-12,14H,3-9H2,1-2H3. The highest BCUT2D eigenvalue weighted by Crippen LogP contribution is 2.29. The summed E-state index contributed by atoms with van der Waals surface area (Å²) in [6, 6.07) is 1.23. The first-order chi connectivity index (χ1) is 8.24. The fourth-order valence-corrected chi connectivity index (χ4v) is 2.65. The molecule has 1 aliphatic heterocycles. The molecule has 1 heterocycles. The first-order valence-corrected chi connectivity index (χ1v) is 6.82. The molecule has 1 N–H and O–H groups in total. The van der Waals surface area contributed by atoms with Crippen molar-refractivity contribution in [2.75, 3.05) is 20.2 Å². The van der Waals surface area contributed by atoms with Crippen LogP contribution in [0.4, 0.5) is 0 Å². The highest BCUT2D eigenvalue weighted by atomic mass is 16.5. The number of piperidine rings is 1. The highest BCUT2D eigenvalue weighted by molar-refractivity contribution is 5.75. The molecule has 1 unspecified atom stereocenters. The van der Waals surface area contributed by atoms with E-state index in [1.54, 1.807) is 0 Å². The number of rotatable bonds is 5. The summed E-state index contributed by atoms with van der Waals surface area (Å²) in [5, 5.41) is 3.43. The molecule has 0 aromatic carbocycles. The molecule has 0 bridgehead atoms. The Morgan fingerprint density at radius 2 is 2.00 bits per heavy atom. The number of nitrogens with one attached hydrogen (secondary N) is 1. The van der Waals surface area contributed by atoms with Crippen LogP contribution in [0.3, 0.4) is 0 Å². The van der Waals surface area contributed by atoms with Crippen molar-refractivity contribution in [2.24, 2.45) is 0 Å². The van der Waals surface area contributed by atoms with E-state index in [9.17, 15) is 4.79 Å². The summed E-state index contributed by atoms with van der Waals surface area (Å²) in [6.45, 7) is 4.38. The van der Waals surface area contributed by atoms with E-state index in [-0.39, 0.29) is 12.0 Å². The summed E-state index contributed by atoms with van der Waals surface area (Å²) >= 11 is 0. The lowest BCUT2D eigenvalue weighted by molar-refractivity contribution is -0.143. The molecular weight excluding hydrogens is 216 g/mol. The predicted octanol–water partition coefficient (Wildman–Crippen LogP) is 1.15. The molecule has 4 nitrogen and oxygen atoms in total. The molecule has 0 aromatic rings. The maximum absolute atomic E-state index is 11.5. The second kappa shape index (κ2) is 5.83. The van der Waals surface area contributed by atoms with E-state index in [1.807, 2.05) is 6.92 Å². The van der Waals surface area contributed by atoms with Crippen molar-refractivity contribution in [2.45, 2.75) is 57.2 Å². The van der Waals surface area contributed by atoms with Crippen LogP contribution in [0.2, 0.25) is 0 Å². The molecule has 0 spiro atoms. The van der Waals surface area contributed by atoms with Gasteiger partial charge >= 0.3 is 5.97 Å². The van der Waals surface area contributed by atoms with Gasteiger partial charge in [0.15, 0.2) is 0 Å². The number of carbonyl (C=O) groups excluding carboxylic acids is 1. The Hall–Kier alpha value is -0.610. The number of hydrogen-bond donors (Lipinski definition) is 1. The van der Waals surface area contributed by atoms with Crippen LogP contribution in [-0.4, -0.2) is 49.2 Å². The number of likely N-dealkylation sites (tertiary alicyclic amines) is 1. The number of methoxy groups -OCH3 is 1. The molecule has 0 aromatic heterocycles. The third kappa shape index (κ3) is 3.42. The van der Waals surface area contributed by atoms with Gasteiger partial charge < -0.3 is 15.0 Å². The summed E-state index contributed by atoms with van der Waals surface area (Å²) in [6.07, 6.45) is 5.89. The smallest absolute Gasteiger partial charge is 0.322 e. The zero-order valence-corrected chi connectivity index (χ0v) is 10.9. The lowest BCUT2D eigenvalue weighted by atomic mass is 10.0. The summed E-state index contributed by atoms with van der Waals surface area (Å²) in [5.74, 6) is -0.128.